The van der Waals surface area contributed by atoms with Crippen LogP contribution in [0.3, 0.4) is 0 Å². The number of amides is 1. The fourth-order valence-electron chi connectivity index (χ4n) is 2.65. The van der Waals surface area contributed by atoms with Gasteiger partial charge in [0.25, 0.3) is 5.91 Å². The van der Waals surface area contributed by atoms with E-state index >= 15 is 0 Å². The highest BCUT2D eigenvalue weighted by Crippen LogP contribution is 2.16. The van der Waals surface area contributed by atoms with Gasteiger partial charge in [-0.1, -0.05) is 6.92 Å². The second kappa shape index (κ2) is 6.19. The average molecular weight is 264 g/mol. The van der Waals surface area contributed by atoms with Gasteiger partial charge in [-0.3, -0.25) is 9.48 Å². The zero-order valence-corrected chi connectivity index (χ0v) is 12.1. The smallest absolute Gasteiger partial charge is 0.269 e. The van der Waals surface area contributed by atoms with E-state index in [2.05, 4.69) is 22.7 Å². The van der Waals surface area contributed by atoms with Crippen LogP contribution in [0.2, 0.25) is 0 Å². The first-order valence-corrected chi connectivity index (χ1v) is 7.16. The molecule has 2 N–H and O–H groups in total. The third-order valence-electron chi connectivity index (χ3n) is 3.97. The Kier molecular flexibility index (Phi) is 4.58. The summed E-state index contributed by atoms with van der Waals surface area (Å²) in [6.45, 7) is 6.25. The molecule has 0 radical (unpaired) electrons. The van der Waals surface area contributed by atoms with Crippen LogP contribution in [0.15, 0.2) is 6.07 Å². The number of hydrogen-bond donors (Lipinski definition) is 2. The molecule has 0 aliphatic carbocycles. The van der Waals surface area contributed by atoms with Crippen molar-refractivity contribution in [2.24, 2.45) is 13.0 Å². The van der Waals surface area contributed by atoms with E-state index in [0.29, 0.717) is 11.6 Å². The number of carbonyl (C=O) groups is 1. The molecule has 19 heavy (non-hydrogen) atoms. The fourth-order valence-corrected chi connectivity index (χ4v) is 2.65. The summed E-state index contributed by atoms with van der Waals surface area (Å²) in [4.78, 5) is 12.3. The molecule has 5 nitrogen and oxygen atoms in total. The van der Waals surface area contributed by atoms with E-state index in [4.69, 9.17) is 0 Å². The molecule has 1 unspecified atom stereocenters. The molecule has 0 spiro atoms. The number of carbonyl (C=O) groups excluding carboxylic acids is 1. The van der Waals surface area contributed by atoms with Crippen LogP contribution < -0.4 is 10.6 Å². The zero-order valence-electron chi connectivity index (χ0n) is 12.1. The molecule has 1 fully saturated rings. The lowest BCUT2D eigenvalue weighted by Crippen LogP contribution is -2.43. The summed E-state index contributed by atoms with van der Waals surface area (Å²) in [6.07, 6.45) is 3.12. The number of rotatable bonds is 4. The highest BCUT2D eigenvalue weighted by molar-refractivity contribution is 5.92. The maximum absolute atomic E-state index is 12.3. The van der Waals surface area contributed by atoms with Gasteiger partial charge in [0.2, 0.25) is 0 Å². The molecular formula is C14H24N4O. The Balaban J connectivity index is 1.97. The first-order valence-electron chi connectivity index (χ1n) is 7.16. The van der Waals surface area contributed by atoms with Crippen molar-refractivity contribution < 1.29 is 4.79 Å². The van der Waals surface area contributed by atoms with Crippen LogP contribution in [0.5, 0.6) is 0 Å². The first-order chi connectivity index (χ1) is 9.11. The number of nitrogens with one attached hydrogen (secondary N) is 2. The standard InChI is InChI=1S/C14H24N4O/c1-4-12-9-13(18(3)17-12)14(19)16-10(2)11-5-7-15-8-6-11/h9-11,15H,4-8H2,1-3H3,(H,16,19). The minimum atomic E-state index is -0.0132. The second-order valence-electron chi connectivity index (χ2n) is 5.35. The average Bonchev–Trinajstić information content (AvgIpc) is 2.81. The molecule has 1 saturated heterocycles. The molecule has 0 saturated carbocycles. The van der Waals surface area contributed by atoms with Gasteiger partial charge in [0.05, 0.1) is 5.69 Å². The fraction of sp³-hybridized carbons (Fsp3) is 0.714. The number of piperidine rings is 1. The number of nitrogens with zero attached hydrogens (tertiary/aromatic N) is 2. The lowest BCUT2D eigenvalue weighted by atomic mass is 9.91. The van der Waals surface area contributed by atoms with Gasteiger partial charge >= 0.3 is 0 Å². The predicted molar refractivity (Wildman–Crippen MR) is 75.1 cm³/mol. The molecular weight excluding hydrogens is 240 g/mol. The van der Waals surface area contributed by atoms with Crippen molar-refractivity contribution in [3.05, 3.63) is 17.5 Å². The lowest BCUT2D eigenvalue weighted by molar-refractivity contribution is 0.0911. The molecule has 106 valence electrons. The third kappa shape index (κ3) is 3.35. The number of aromatic nitrogens is 2. The monoisotopic (exact) mass is 264 g/mol. The Morgan fingerprint density at radius 2 is 2.26 bits per heavy atom. The SMILES string of the molecule is CCc1cc(C(=O)NC(C)C2CCNCC2)n(C)n1. The Morgan fingerprint density at radius 1 is 1.58 bits per heavy atom. The largest absolute Gasteiger partial charge is 0.348 e. The Hall–Kier alpha value is -1.36. The molecule has 1 aromatic rings. The normalized spacial score (nSPS) is 18.3. The topological polar surface area (TPSA) is 59.0 Å². The minimum absolute atomic E-state index is 0.0132. The summed E-state index contributed by atoms with van der Waals surface area (Å²) in [5.41, 5.74) is 1.61. The van der Waals surface area contributed by atoms with Crippen molar-refractivity contribution in [1.82, 2.24) is 20.4 Å². The maximum atomic E-state index is 12.3. The van der Waals surface area contributed by atoms with Gasteiger partial charge in [0, 0.05) is 13.1 Å². The van der Waals surface area contributed by atoms with Crippen LogP contribution in [0.1, 0.15) is 42.9 Å². The van der Waals surface area contributed by atoms with E-state index in [1.807, 2.05) is 20.0 Å². The van der Waals surface area contributed by atoms with Gasteiger partial charge in [0.1, 0.15) is 5.69 Å². The summed E-state index contributed by atoms with van der Waals surface area (Å²) in [6, 6.07) is 2.10. The second-order valence-corrected chi connectivity index (χ2v) is 5.35. The highest BCUT2D eigenvalue weighted by Gasteiger charge is 2.22. The predicted octanol–water partition coefficient (Wildman–Crippen LogP) is 1.10. The molecule has 2 rings (SSSR count). The molecule has 0 aromatic carbocycles. The summed E-state index contributed by atoms with van der Waals surface area (Å²) in [5.74, 6) is 0.560. The van der Waals surface area contributed by atoms with Gasteiger partial charge in [-0.2, -0.15) is 5.10 Å². The van der Waals surface area contributed by atoms with Crippen molar-refractivity contribution >= 4 is 5.91 Å². The Labute approximate surface area is 114 Å². The van der Waals surface area contributed by atoms with Gasteiger partial charge in [-0.05, 0) is 51.3 Å². The van der Waals surface area contributed by atoms with E-state index in [1.165, 1.54) is 0 Å². The summed E-state index contributed by atoms with van der Waals surface area (Å²) in [5, 5.41) is 10.8. The zero-order chi connectivity index (χ0) is 13.8. The van der Waals surface area contributed by atoms with Gasteiger partial charge < -0.3 is 10.6 Å². The van der Waals surface area contributed by atoms with Crippen molar-refractivity contribution in [1.29, 1.82) is 0 Å². The third-order valence-corrected chi connectivity index (χ3v) is 3.97. The van der Waals surface area contributed by atoms with Gasteiger partial charge in [-0.25, -0.2) is 0 Å². The van der Waals surface area contributed by atoms with Crippen molar-refractivity contribution in [2.75, 3.05) is 13.1 Å². The van der Waals surface area contributed by atoms with Crippen LogP contribution in [0.25, 0.3) is 0 Å². The van der Waals surface area contributed by atoms with Crippen LogP contribution in [-0.4, -0.2) is 34.8 Å². The Morgan fingerprint density at radius 3 is 2.84 bits per heavy atom. The molecule has 5 heteroatoms. The van der Waals surface area contributed by atoms with E-state index in [9.17, 15) is 4.79 Å². The van der Waals surface area contributed by atoms with Crippen LogP contribution in [-0.2, 0) is 13.5 Å². The van der Waals surface area contributed by atoms with Crippen LogP contribution >= 0.6 is 0 Å². The van der Waals surface area contributed by atoms with Crippen molar-refractivity contribution in [3.8, 4) is 0 Å². The quantitative estimate of drug-likeness (QED) is 0.856. The van der Waals surface area contributed by atoms with Gasteiger partial charge in [0.15, 0.2) is 0 Å². The summed E-state index contributed by atoms with van der Waals surface area (Å²) < 4.78 is 1.67. The Bertz CT molecular complexity index is 435. The summed E-state index contributed by atoms with van der Waals surface area (Å²) >= 11 is 0. The van der Waals surface area contributed by atoms with Crippen molar-refractivity contribution in [2.45, 2.75) is 39.2 Å². The lowest BCUT2D eigenvalue weighted by Gasteiger charge is -2.28. The molecule has 1 aliphatic heterocycles. The van der Waals surface area contributed by atoms with E-state index in [-0.39, 0.29) is 11.9 Å². The van der Waals surface area contributed by atoms with Crippen LogP contribution in [0, 0.1) is 5.92 Å². The summed E-state index contributed by atoms with van der Waals surface area (Å²) in [7, 11) is 1.82. The maximum Gasteiger partial charge on any atom is 0.269 e. The molecule has 1 amide bonds. The van der Waals surface area contributed by atoms with E-state index in [1.54, 1.807) is 4.68 Å². The molecule has 0 bridgehead atoms. The van der Waals surface area contributed by atoms with Gasteiger partial charge in [-0.15, -0.1) is 0 Å². The number of hydrogen-bond acceptors (Lipinski definition) is 3. The van der Waals surface area contributed by atoms with E-state index < -0.39 is 0 Å². The van der Waals surface area contributed by atoms with Crippen LogP contribution in [0.4, 0.5) is 0 Å². The number of aryl methyl sites for hydroxylation is 2. The molecule has 1 atom stereocenters. The van der Waals surface area contributed by atoms with Crippen molar-refractivity contribution in [3.63, 3.8) is 0 Å². The first kappa shape index (κ1) is 14.1. The highest BCUT2D eigenvalue weighted by atomic mass is 16.2. The molecule has 2 heterocycles. The minimum Gasteiger partial charge on any atom is -0.348 e. The molecule has 1 aromatic heterocycles. The molecule has 1 aliphatic rings. The van der Waals surface area contributed by atoms with E-state index in [0.717, 1.165) is 38.0 Å².